The molecule has 8 heteroatoms. The van der Waals surface area contributed by atoms with Crippen LogP contribution in [0.1, 0.15) is 5.56 Å². The molecule has 2 aromatic heterocycles. The van der Waals surface area contributed by atoms with Crippen LogP contribution >= 0.6 is 27.5 Å². The third-order valence-electron chi connectivity index (χ3n) is 2.83. The van der Waals surface area contributed by atoms with E-state index in [1.807, 2.05) is 19.1 Å². The quantitative estimate of drug-likeness (QED) is 0.656. The highest BCUT2D eigenvalue weighted by molar-refractivity contribution is 9.10. The number of aromatic amines is 1. The second-order valence-corrected chi connectivity index (χ2v) is 5.53. The van der Waals surface area contributed by atoms with Crippen molar-refractivity contribution in [2.24, 2.45) is 0 Å². The first-order valence-corrected chi connectivity index (χ1v) is 6.91. The molecule has 0 aliphatic heterocycles. The number of aryl methyl sites for hydroxylation is 1. The molecule has 0 atom stereocenters. The first-order chi connectivity index (χ1) is 9.54. The van der Waals surface area contributed by atoms with Gasteiger partial charge < -0.3 is 11.1 Å². The minimum absolute atomic E-state index is 0.165. The maximum atomic E-state index is 6.14. The second-order valence-electron chi connectivity index (χ2n) is 4.27. The van der Waals surface area contributed by atoms with Crippen molar-refractivity contribution in [3.8, 4) is 0 Å². The third kappa shape index (κ3) is 2.30. The Kier molecular flexibility index (Phi) is 3.23. The molecule has 102 valence electrons. The third-order valence-corrected chi connectivity index (χ3v) is 3.89. The Labute approximate surface area is 127 Å². The number of anilines is 3. The Morgan fingerprint density at radius 3 is 2.95 bits per heavy atom. The summed E-state index contributed by atoms with van der Waals surface area (Å²) in [5.74, 6) is 0.737. The molecule has 4 N–H and O–H groups in total. The van der Waals surface area contributed by atoms with E-state index in [9.17, 15) is 0 Å². The van der Waals surface area contributed by atoms with Crippen molar-refractivity contribution in [3.05, 3.63) is 33.4 Å². The van der Waals surface area contributed by atoms with Gasteiger partial charge in [-0.3, -0.25) is 5.10 Å². The van der Waals surface area contributed by atoms with Gasteiger partial charge >= 0.3 is 0 Å². The van der Waals surface area contributed by atoms with Crippen molar-refractivity contribution >= 4 is 56.0 Å². The highest BCUT2D eigenvalue weighted by Crippen LogP contribution is 2.32. The van der Waals surface area contributed by atoms with Crippen LogP contribution in [0.2, 0.25) is 5.02 Å². The summed E-state index contributed by atoms with van der Waals surface area (Å²) in [6, 6.07) is 3.76. The predicted octanol–water partition coefficient (Wildman–Crippen LogP) is 3.40. The van der Waals surface area contributed by atoms with Crippen molar-refractivity contribution < 1.29 is 0 Å². The Balaban J connectivity index is 2.09. The number of fused-ring (bicyclic) bond motifs is 1. The van der Waals surface area contributed by atoms with Crippen LogP contribution in [-0.2, 0) is 0 Å². The van der Waals surface area contributed by atoms with Gasteiger partial charge in [-0.1, -0.05) is 11.6 Å². The molecule has 6 nitrogen and oxygen atoms in total. The molecule has 3 aromatic rings. The van der Waals surface area contributed by atoms with Crippen molar-refractivity contribution in [3.63, 3.8) is 0 Å². The van der Waals surface area contributed by atoms with Crippen LogP contribution in [0, 0.1) is 6.92 Å². The van der Waals surface area contributed by atoms with Crippen LogP contribution < -0.4 is 11.1 Å². The standard InChI is InChI=1S/C12H10BrClN6/c1-5-2-7(13)9(3-8(5)14)17-10-6-4-16-20-11(6)19-12(15)18-10/h2-4H,1H3,(H4,15,16,17,18,19,20). The molecule has 20 heavy (non-hydrogen) atoms. The Morgan fingerprint density at radius 1 is 1.35 bits per heavy atom. The lowest BCUT2D eigenvalue weighted by Crippen LogP contribution is -2.01. The molecule has 3 rings (SSSR count). The number of nitrogens with two attached hydrogens (primary N) is 1. The molecular formula is C12H10BrClN6. The fraction of sp³-hybridized carbons (Fsp3) is 0.0833. The van der Waals surface area contributed by atoms with Crippen molar-refractivity contribution in [1.29, 1.82) is 0 Å². The highest BCUT2D eigenvalue weighted by Gasteiger charge is 2.11. The number of nitrogen functional groups attached to an aromatic ring is 1. The average molecular weight is 354 g/mol. The lowest BCUT2D eigenvalue weighted by molar-refractivity contribution is 1.09. The highest BCUT2D eigenvalue weighted by atomic mass is 79.9. The summed E-state index contributed by atoms with van der Waals surface area (Å²) in [6.07, 6.45) is 1.64. The lowest BCUT2D eigenvalue weighted by Gasteiger charge is -2.10. The number of hydrogen-bond donors (Lipinski definition) is 3. The van der Waals surface area contributed by atoms with E-state index in [0.29, 0.717) is 16.5 Å². The smallest absolute Gasteiger partial charge is 0.224 e. The molecule has 0 unspecified atom stereocenters. The summed E-state index contributed by atoms with van der Waals surface area (Å²) in [5.41, 5.74) is 8.04. The van der Waals surface area contributed by atoms with Crippen molar-refractivity contribution in [2.75, 3.05) is 11.1 Å². The van der Waals surface area contributed by atoms with E-state index in [2.05, 4.69) is 41.4 Å². The molecular weight excluding hydrogens is 344 g/mol. The molecule has 0 radical (unpaired) electrons. The van der Waals surface area contributed by atoms with Crippen LogP contribution in [0.3, 0.4) is 0 Å². The first kappa shape index (κ1) is 13.1. The number of H-pyrrole nitrogens is 1. The Bertz CT molecular complexity index is 800. The van der Waals surface area contributed by atoms with Gasteiger partial charge in [-0.2, -0.15) is 15.1 Å². The molecule has 0 saturated heterocycles. The number of halogens is 2. The van der Waals surface area contributed by atoms with Crippen LogP contribution in [0.25, 0.3) is 11.0 Å². The molecule has 2 heterocycles. The molecule has 1 aromatic carbocycles. The second kappa shape index (κ2) is 4.92. The number of benzene rings is 1. The summed E-state index contributed by atoms with van der Waals surface area (Å²) >= 11 is 9.64. The number of nitrogens with one attached hydrogen (secondary N) is 2. The van der Waals surface area contributed by atoms with Gasteiger partial charge in [-0.25, -0.2) is 0 Å². The van der Waals surface area contributed by atoms with E-state index in [1.165, 1.54) is 0 Å². The van der Waals surface area contributed by atoms with E-state index in [-0.39, 0.29) is 5.95 Å². The molecule has 0 bridgehead atoms. The zero-order chi connectivity index (χ0) is 14.3. The van der Waals surface area contributed by atoms with E-state index < -0.39 is 0 Å². The van der Waals surface area contributed by atoms with Crippen LogP contribution in [0.5, 0.6) is 0 Å². The van der Waals surface area contributed by atoms with Gasteiger partial charge in [0.25, 0.3) is 0 Å². The predicted molar refractivity (Wildman–Crippen MR) is 83.3 cm³/mol. The zero-order valence-electron chi connectivity index (χ0n) is 10.4. The number of aromatic nitrogens is 4. The zero-order valence-corrected chi connectivity index (χ0v) is 12.7. The largest absolute Gasteiger partial charge is 0.368 e. The summed E-state index contributed by atoms with van der Waals surface area (Å²) in [5, 5.41) is 11.3. The fourth-order valence-corrected chi connectivity index (χ4v) is 2.54. The van der Waals surface area contributed by atoms with Gasteiger partial charge in [0, 0.05) is 9.50 Å². The van der Waals surface area contributed by atoms with Crippen molar-refractivity contribution in [2.45, 2.75) is 6.92 Å². The van der Waals surface area contributed by atoms with Crippen LogP contribution in [0.4, 0.5) is 17.5 Å². The van der Waals surface area contributed by atoms with Crippen LogP contribution in [-0.4, -0.2) is 20.2 Å². The molecule has 0 spiro atoms. The summed E-state index contributed by atoms with van der Waals surface area (Å²) in [7, 11) is 0. The maximum Gasteiger partial charge on any atom is 0.224 e. The SMILES string of the molecule is Cc1cc(Br)c(Nc2nc(N)nc3[nH]ncc23)cc1Cl. The van der Waals surface area contributed by atoms with E-state index in [1.54, 1.807) is 6.20 Å². The average Bonchev–Trinajstić information content (AvgIpc) is 2.84. The van der Waals surface area contributed by atoms with E-state index >= 15 is 0 Å². The molecule has 0 aliphatic carbocycles. The van der Waals surface area contributed by atoms with E-state index in [4.69, 9.17) is 17.3 Å². The number of nitrogens with zero attached hydrogens (tertiary/aromatic N) is 3. The summed E-state index contributed by atoms with van der Waals surface area (Å²) < 4.78 is 0.883. The topological polar surface area (TPSA) is 92.5 Å². The monoisotopic (exact) mass is 352 g/mol. The minimum atomic E-state index is 0.165. The summed E-state index contributed by atoms with van der Waals surface area (Å²) in [4.78, 5) is 8.26. The van der Waals surface area contributed by atoms with Gasteiger partial charge in [0.2, 0.25) is 5.95 Å². The Morgan fingerprint density at radius 2 is 2.15 bits per heavy atom. The van der Waals surface area contributed by atoms with Gasteiger partial charge in [0.15, 0.2) is 5.65 Å². The summed E-state index contributed by atoms with van der Waals surface area (Å²) in [6.45, 7) is 1.94. The Hall–Kier alpha value is -1.86. The van der Waals surface area contributed by atoms with Gasteiger partial charge in [0.05, 0.1) is 17.3 Å². The first-order valence-electron chi connectivity index (χ1n) is 5.74. The van der Waals surface area contributed by atoms with Crippen molar-refractivity contribution in [1.82, 2.24) is 20.2 Å². The van der Waals surface area contributed by atoms with Crippen LogP contribution in [0.15, 0.2) is 22.8 Å². The fourth-order valence-electron chi connectivity index (χ4n) is 1.82. The van der Waals surface area contributed by atoms with E-state index in [0.717, 1.165) is 21.1 Å². The molecule has 0 amide bonds. The van der Waals surface area contributed by atoms with Gasteiger partial charge in [0.1, 0.15) is 5.82 Å². The molecule has 0 aliphatic rings. The van der Waals surface area contributed by atoms with Gasteiger partial charge in [-0.05, 0) is 40.5 Å². The molecule has 0 fully saturated rings. The normalized spacial score (nSPS) is 10.9. The lowest BCUT2D eigenvalue weighted by atomic mass is 10.2. The maximum absolute atomic E-state index is 6.14. The molecule has 0 saturated carbocycles. The number of hydrogen-bond acceptors (Lipinski definition) is 5. The van der Waals surface area contributed by atoms with Gasteiger partial charge in [-0.15, -0.1) is 0 Å². The number of rotatable bonds is 2. The minimum Gasteiger partial charge on any atom is -0.368 e.